The van der Waals surface area contributed by atoms with Crippen LogP contribution in [0.25, 0.3) is 0 Å². The minimum absolute atomic E-state index is 0.152. The summed E-state index contributed by atoms with van der Waals surface area (Å²) in [6.07, 6.45) is 7.63. The number of nitrogens with one attached hydrogen (secondary N) is 1. The van der Waals surface area contributed by atoms with E-state index in [1.807, 2.05) is 18.2 Å². The molecule has 1 fully saturated rings. The number of carbonyl (C=O) groups excluding carboxylic acids is 1. The molecular formula is C18H27NO2. The molecule has 3 heteroatoms. The molecule has 1 amide bonds. The van der Waals surface area contributed by atoms with Crippen LogP contribution in [-0.2, 0) is 4.79 Å². The maximum Gasteiger partial charge on any atom is 0.223 e. The minimum Gasteiger partial charge on any atom is -0.396 e. The Morgan fingerprint density at radius 1 is 1.14 bits per heavy atom. The first-order valence-electron chi connectivity index (χ1n) is 8.24. The minimum atomic E-state index is 0.152. The van der Waals surface area contributed by atoms with Crippen molar-refractivity contribution in [3.8, 4) is 0 Å². The Kier molecular flexibility index (Phi) is 6.74. The first-order chi connectivity index (χ1) is 10.3. The molecule has 0 saturated heterocycles. The van der Waals surface area contributed by atoms with Gasteiger partial charge in [-0.1, -0.05) is 56.0 Å². The standard InChI is InChI=1S/C18H27NO2/c20-13-12-17(15-8-6-3-7-9-15)14-19-18(21)16-10-4-1-2-5-11-16/h3,6-9,16-17,20H,1-2,4-5,10-14H2,(H,19,21). The smallest absolute Gasteiger partial charge is 0.223 e. The number of aliphatic hydroxyl groups excluding tert-OH is 1. The highest BCUT2D eigenvalue weighted by Gasteiger charge is 2.21. The average Bonchev–Trinajstić information content (AvgIpc) is 2.81. The lowest BCUT2D eigenvalue weighted by molar-refractivity contribution is -0.125. The van der Waals surface area contributed by atoms with E-state index in [4.69, 9.17) is 0 Å². The van der Waals surface area contributed by atoms with Crippen LogP contribution in [-0.4, -0.2) is 24.2 Å². The number of benzene rings is 1. The second kappa shape index (κ2) is 8.83. The van der Waals surface area contributed by atoms with Gasteiger partial charge in [-0.25, -0.2) is 0 Å². The third-order valence-electron chi connectivity index (χ3n) is 4.50. The first kappa shape index (κ1) is 16.0. The summed E-state index contributed by atoms with van der Waals surface area (Å²) in [6, 6.07) is 10.1. The summed E-state index contributed by atoms with van der Waals surface area (Å²) in [5.74, 6) is 0.597. The predicted octanol–water partition coefficient (Wildman–Crippen LogP) is 3.24. The van der Waals surface area contributed by atoms with Gasteiger partial charge < -0.3 is 10.4 Å². The lowest BCUT2D eigenvalue weighted by Gasteiger charge is -2.20. The van der Waals surface area contributed by atoms with Crippen LogP contribution < -0.4 is 5.32 Å². The number of hydrogen-bond donors (Lipinski definition) is 2. The molecule has 1 aliphatic carbocycles. The normalized spacial score (nSPS) is 18.0. The van der Waals surface area contributed by atoms with Gasteiger partial charge in [0.25, 0.3) is 0 Å². The summed E-state index contributed by atoms with van der Waals surface area (Å²) in [5.41, 5.74) is 1.19. The van der Waals surface area contributed by atoms with Gasteiger partial charge in [-0.3, -0.25) is 4.79 Å². The summed E-state index contributed by atoms with van der Waals surface area (Å²) >= 11 is 0. The van der Waals surface area contributed by atoms with E-state index in [2.05, 4.69) is 17.4 Å². The molecule has 1 aromatic carbocycles. The fourth-order valence-electron chi connectivity index (χ4n) is 3.18. The topological polar surface area (TPSA) is 49.3 Å². The van der Waals surface area contributed by atoms with Crippen LogP contribution in [0, 0.1) is 5.92 Å². The van der Waals surface area contributed by atoms with Gasteiger partial charge in [-0.05, 0) is 24.8 Å². The maximum atomic E-state index is 12.3. The Bertz CT molecular complexity index is 410. The second-order valence-corrected chi connectivity index (χ2v) is 6.05. The van der Waals surface area contributed by atoms with E-state index in [9.17, 15) is 9.90 Å². The van der Waals surface area contributed by atoms with Crippen molar-refractivity contribution in [2.75, 3.05) is 13.2 Å². The van der Waals surface area contributed by atoms with Crippen molar-refractivity contribution in [3.05, 3.63) is 35.9 Å². The Labute approximate surface area is 127 Å². The number of aliphatic hydroxyl groups is 1. The SMILES string of the molecule is O=C(NCC(CCO)c1ccccc1)C1CCCCCC1. The highest BCUT2D eigenvalue weighted by atomic mass is 16.3. The lowest BCUT2D eigenvalue weighted by atomic mass is 9.95. The second-order valence-electron chi connectivity index (χ2n) is 6.05. The Morgan fingerprint density at radius 3 is 2.43 bits per heavy atom. The molecule has 2 rings (SSSR count). The molecule has 0 aliphatic heterocycles. The summed E-state index contributed by atoms with van der Waals surface area (Å²) < 4.78 is 0. The van der Waals surface area contributed by atoms with Crippen LogP contribution in [0.2, 0.25) is 0 Å². The zero-order valence-corrected chi connectivity index (χ0v) is 12.8. The van der Waals surface area contributed by atoms with Gasteiger partial charge in [0.15, 0.2) is 0 Å². The van der Waals surface area contributed by atoms with Crippen molar-refractivity contribution in [2.45, 2.75) is 50.9 Å². The van der Waals surface area contributed by atoms with E-state index in [-0.39, 0.29) is 24.3 Å². The van der Waals surface area contributed by atoms with E-state index >= 15 is 0 Å². The van der Waals surface area contributed by atoms with E-state index in [1.165, 1.54) is 31.2 Å². The predicted molar refractivity (Wildman–Crippen MR) is 85.1 cm³/mol. The number of carbonyl (C=O) groups is 1. The fraction of sp³-hybridized carbons (Fsp3) is 0.611. The van der Waals surface area contributed by atoms with E-state index in [1.54, 1.807) is 0 Å². The molecule has 0 heterocycles. The summed E-state index contributed by atoms with van der Waals surface area (Å²) in [6.45, 7) is 0.777. The molecule has 1 aliphatic rings. The molecule has 2 N–H and O–H groups in total. The van der Waals surface area contributed by atoms with Crippen LogP contribution in [0.5, 0.6) is 0 Å². The monoisotopic (exact) mass is 289 g/mol. The molecule has 21 heavy (non-hydrogen) atoms. The Hall–Kier alpha value is -1.35. The van der Waals surface area contributed by atoms with E-state index in [0.29, 0.717) is 13.0 Å². The van der Waals surface area contributed by atoms with Crippen LogP contribution in [0.1, 0.15) is 56.4 Å². The first-order valence-corrected chi connectivity index (χ1v) is 8.24. The van der Waals surface area contributed by atoms with Gasteiger partial charge in [-0.15, -0.1) is 0 Å². The molecule has 0 radical (unpaired) electrons. The van der Waals surface area contributed by atoms with E-state index < -0.39 is 0 Å². The van der Waals surface area contributed by atoms with Crippen molar-refractivity contribution in [1.29, 1.82) is 0 Å². The molecular weight excluding hydrogens is 262 g/mol. The van der Waals surface area contributed by atoms with Crippen molar-refractivity contribution in [2.24, 2.45) is 5.92 Å². The van der Waals surface area contributed by atoms with Crippen LogP contribution in [0.4, 0.5) is 0 Å². The van der Waals surface area contributed by atoms with Gasteiger partial charge in [-0.2, -0.15) is 0 Å². The zero-order chi connectivity index (χ0) is 14.9. The van der Waals surface area contributed by atoms with Crippen LogP contribution in [0.15, 0.2) is 30.3 Å². The number of hydrogen-bond acceptors (Lipinski definition) is 2. The van der Waals surface area contributed by atoms with Crippen LogP contribution in [0.3, 0.4) is 0 Å². The molecule has 3 nitrogen and oxygen atoms in total. The lowest BCUT2D eigenvalue weighted by Crippen LogP contribution is -2.34. The zero-order valence-electron chi connectivity index (χ0n) is 12.8. The van der Waals surface area contributed by atoms with Gasteiger partial charge in [0, 0.05) is 25.0 Å². The quantitative estimate of drug-likeness (QED) is 0.790. The Balaban J connectivity index is 1.87. The molecule has 0 aromatic heterocycles. The van der Waals surface area contributed by atoms with Crippen molar-refractivity contribution in [3.63, 3.8) is 0 Å². The van der Waals surface area contributed by atoms with Gasteiger partial charge in [0.1, 0.15) is 0 Å². The third kappa shape index (κ3) is 5.16. The molecule has 116 valence electrons. The molecule has 1 aromatic rings. The highest BCUT2D eigenvalue weighted by Crippen LogP contribution is 2.23. The van der Waals surface area contributed by atoms with Crippen LogP contribution >= 0.6 is 0 Å². The molecule has 1 saturated carbocycles. The van der Waals surface area contributed by atoms with Crippen molar-refractivity contribution < 1.29 is 9.90 Å². The highest BCUT2D eigenvalue weighted by molar-refractivity contribution is 5.78. The number of rotatable bonds is 6. The number of amides is 1. The van der Waals surface area contributed by atoms with Gasteiger partial charge in [0.2, 0.25) is 5.91 Å². The molecule has 0 bridgehead atoms. The largest absolute Gasteiger partial charge is 0.396 e. The summed E-state index contributed by atoms with van der Waals surface area (Å²) in [5, 5.41) is 12.3. The van der Waals surface area contributed by atoms with Gasteiger partial charge in [0.05, 0.1) is 0 Å². The van der Waals surface area contributed by atoms with Crippen molar-refractivity contribution >= 4 is 5.91 Å². The maximum absolute atomic E-state index is 12.3. The molecule has 1 atom stereocenters. The van der Waals surface area contributed by atoms with E-state index in [0.717, 1.165) is 12.8 Å². The van der Waals surface area contributed by atoms with Gasteiger partial charge >= 0.3 is 0 Å². The summed E-state index contributed by atoms with van der Waals surface area (Å²) in [4.78, 5) is 12.3. The average molecular weight is 289 g/mol. The fourth-order valence-corrected chi connectivity index (χ4v) is 3.18. The molecule has 0 spiro atoms. The summed E-state index contributed by atoms with van der Waals surface area (Å²) in [7, 11) is 0. The third-order valence-corrected chi connectivity index (χ3v) is 4.50. The van der Waals surface area contributed by atoms with Crippen molar-refractivity contribution in [1.82, 2.24) is 5.32 Å². The molecule has 1 unspecified atom stereocenters. The Morgan fingerprint density at radius 2 is 1.81 bits per heavy atom.